The Morgan fingerprint density at radius 2 is 1.97 bits per heavy atom. The number of hydrogen-bond donors (Lipinski definition) is 1. The Bertz CT molecular complexity index is 993. The fourth-order valence-corrected chi connectivity index (χ4v) is 4.52. The third-order valence-corrected chi connectivity index (χ3v) is 7.13. The number of ether oxygens (including phenoxy) is 2. The van der Waals surface area contributed by atoms with Crippen molar-refractivity contribution in [3.63, 3.8) is 0 Å². The van der Waals surface area contributed by atoms with Crippen molar-refractivity contribution in [1.82, 2.24) is 28.9 Å². The molecule has 1 amide bonds. The highest BCUT2D eigenvalue weighted by molar-refractivity contribution is 9.10. The molecule has 0 aromatic carbocycles. The van der Waals surface area contributed by atoms with E-state index in [9.17, 15) is 13.2 Å². The standard InChI is InChI=1S/C16H27BrN6O5SSi/c1-16(2,3)28-15(24)20-29(25,26)22-8-7-12(17)13(22)14-18-21-23(19-14)11-27-9-10-30(4,5)6/h7-8H,9-11H2,1-6H3,(H,20,24). The minimum Gasteiger partial charge on any atom is -0.443 e. The van der Waals surface area contributed by atoms with E-state index in [4.69, 9.17) is 9.47 Å². The molecule has 2 aromatic rings. The van der Waals surface area contributed by atoms with Crippen LogP contribution in [0.2, 0.25) is 25.7 Å². The second kappa shape index (κ2) is 9.16. The fourth-order valence-electron chi connectivity index (χ4n) is 2.17. The van der Waals surface area contributed by atoms with E-state index in [0.717, 1.165) is 10.0 Å². The number of nitrogens with zero attached hydrogens (tertiary/aromatic N) is 5. The summed E-state index contributed by atoms with van der Waals surface area (Å²) in [6.07, 6.45) is 0.169. The SMILES string of the molecule is CC(C)(C)OC(=O)NS(=O)(=O)n1ccc(Br)c1-c1nnn(COCC[Si](C)(C)C)n1. The van der Waals surface area contributed by atoms with Crippen LogP contribution < -0.4 is 4.72 Å². The minimum absolute atomic E-state index is 0.0511. The normalized spacial score (nSPS) is 12.8. The van der Waals surface area contributed by atoms with E-state index < -0.39 is 30.0 Å². The number of hydrogen-bond acceptors (Lipinski definition) is 8. The lowest BCUT2D eigenvalue weighted by atomic mass is 10.2. The van der Waals surface area contributed by atoms with Gasteiger partial charge in [-0.05, 0) is 54.0 Å². The van der Waals surface area contributed by atoms with Gasteiger partial charge in [0.25, 0.3) is 0 Å². The van der Waals surface area contributed by atoms with Crippen LogP contribution in [0.1, 0.15) is 20.8 Å². The van der Waals surface area contributed by atoms with E-state index >= 15 is 0 Å². The predicted molar refractivity (Wildman–Crippen MR) is 117 cm³/mol. The zero-order chi connectivity index (χ0) is 22.7. The highest BCUT2D eigenvalue weighted by atomic mass is 79.9. The molecule has 0 unspecified atom stereocenters. The quantitative estimate of drug-likeness (QED) is 0.413. The van der Waals surface area contributed by atoms with Gasteiger partial charge in [0, 0.05) is 25.4 Å². The molecule has 0 radical (unpaired) electrons. The zero-order valence-electron chi connectivity index (χ0n) is 17.8. The van der Waals surface area contributed by atoms with E-state index in [1.165, 1.54) is 17.1 Å². The summed E-state index contributed by atoms with van der Waals surface area (Å²) in [5.74, 6) is 0.0511. The first-order valence-corrected chi connectivity index (χ1v) is 15.1. The first-order valence-electron chi connectivity index (χ1n) is 9.17. The molecular formula is C16H27BrN6O5SSi. The number of rotatable bonds is 8. The molecule has 0 atom stereocenters. The highest BCUT2D eigenvalue weighted by Gasteiger charge is 2.27. The first-order chi connectivity index (χ1) is 13.7. The Hall–Kier alpha value is -1.77. The van der Waals surface area contributed by atoms with Crippen LogP contribution in [0.25, 0.3) is 11.5 Å². The van der Waals surface area contributed by atoms with Crippen molar-refractivity contribution < 1.29 is 22.7 Å². The van der Waals surface area contributed by atoms with Gasteiger partial charge in [0.15, 0.2) is 6.73 Å². The third-order valence-electron chi connectivity index (χ3n) is 3.54. The Labute approximate surface area is 185 Å². The van der Waals surface area contributed by atoms with Crippen LogP contribution in [0.4, 0.5) is 4.79 Å². The Kier molecular flexibility index (Phi) is 7.48. The largest absolute Gasteiger partial charge is 0.443 e. The summed E-state index contributed by atoms with van der Waals surface area (Å²) in [5.41, 5.74) is -0.737. The van der Waals surface area contributed by atoms with E-state index in [1.807, 2.05) is 4.72 Å². The summed E-state index contributed by atoms with van der Waals surface area (Å²) < 4.78 is 39.1. The van der Waals surface area contributed by atoms with Crippen molar-refractivity contribution in [2.45, 2.75) is 58.8 Å². The van der Waals surface area contributed by atoms with Gasteiger partial charge in [0.1, 0.15) is 11.3 Å². The number of halogens is 1. The summed E-state index contributed by atoms with van der Waals surface area (Å²) in [5, 5.41) is 12.0. The Balaban J connectivity index is 2.16. The fraction of sp³-hybridized carbons (Fsp3) is 0.625. The van der Waals surface area contributed by atoms with Crippen LogP contribution in [-0.2, 0) is 26.4 Å². The molecule has 2 rings (SSSR count). The number of carbonyl (C=O) groups excluding carboxylic acids is 1. The average molecular weight is 523 g/mol. The highest BCUT2D eigenvalue weighted by Crippen LogP contribution is 2.27. The molecule has 0 aliphatic heterocycles. The summed E-state index contributed by atoms with van der Waals surface area (Å²) in [4.78, 5) is 13.2. The second-order valence-corrected chi connectivity index (χ2v) is 16.8. The van der Waals surface area contributed by atoms with Gasteiger partial charge in [-0.25, -0.2) is 13.5 Å². The van der Waals surface area contributed by atoms with Crippen molar-refractivity contribution in [3.8, 4) is 11.5 Å². The summed E-state index contributed by atoms with van der Waals surface area (Å²) in [6.45, 7) is 12.3. The van der Waals surface area contributed by atoms with Crippen molar-refractivity contribution in [2.24, 2.45) is 0 Å². The van der Waals surface area contributed by atoms with Crippen molar-refractivity contribution in [3.05, 3.63) is 16.7 Å². The van der Waals surface area contributed by atoms with Gasteiger partial charge < -0.3 is 9.47 Å². The van der Waals surface area contributed by atoms with E-state index in [1.54, 1.807) is 20.8 Å². The molecule has 30 heavy (non-hydrogen) atoms. The lowest BCUT2D eigenvalue weighted by molar-refractivity contribution is 0.0569. The van der Waals surface area contributed by atoms with Crippen LogP contribution >= 0.6 is 15.9 Å². The topological polar surface area (TPSA) is 130 Å². The number of amides is 1. The van der Waals surface area contributed by atoms with Crippen LogP contribution in [0.15, 0.2) is 16.7 Å². The van der Waals surface area contributed by atoms with Crippen molar-refractivity contribution >= 4 is 40.3 Å². The van der Waals surface area contributed by atoms with Gasteiger partial charge in [-0.1, -0.05) is 19.6 Å². The molecule has 0 saturated carbocycles. The lowest BCUT2D eigenvalue weighted by Crippen LogP contribution is -2.39. The summed E-state index contributed by atoms with van der Waals surface area (Å²) >= 11 is 3.28. The van der Waals surface area contributed by atoms with Crippen molar-refractivity contribution in [2.75, 3.05) is 6.61 Å². The first kappa shape index (κ1) is 24.5. The molecule has 2 heterocycles. The monoisotopic (exact) mass is 522 g/mol. The minimum atomic E-state index is -4.30. The van der Waals surface area contributed by atoms with Crippen LogP contribution in [0.5, 0.6) is 0 Å². The molecule has 0 fully saturated rings. The predicted octanol–water partition coefficient (Wildman–Crippen LogP) is 2.83. The van der Waals surface area contributed by atoms with Gasteiger partial charge >= 0.3 is 16.3 Å². The average Bonchev–Trinajstić information content (AvgIpc) is 3.14. The molecular weight excluding hydrogens is 496 g/mol. The smallest absolute Gasteiger partial charge is 0.422 e. The van der Waals surface area contributed by atoms with E-state index in [-0.39, 0.29) is 18.2 Å². The van der Waals surface area contributed by atoms with E-state index in [0.29, 0.717) is 11.1 Å². The Morgan fingerprint density at radius 1 is 1.30 bits per heavy atom. The van der Waals surface area contributed by atoms with Crippen LogP contribution in [0.3, 0.4) is 0 Å². The molecule has 2 aromatic heterocycles. The maximum atomic E-state index is 12.7. The third kappa shape index (κ3) is 7.18. The Morgan fingerprint density at radius 3 is 2.57 bits per heavy atom. The van der Waals surface area contributed by atoms with Gasteiger partial charge in [-0.2, -0.15) is 8.42 Å². The van der Waals surface area contributed by atoms with Crippen LogP contribution in [-0.4, -0.2) is 59.0 Å². The van der Waals surface area contributed by atoms with E-state index in [2.05, 4.69) is 51.0 Å². The lowest BCUT2D eigenvalue weighted by Gasteiger charge is -2.20. The number of carbonyl (C=O) groups is 1. The van der Waals surface area contributed by atoms with Gasteiger partial charge in [-0.15, -0.1) is 15.0 Å². The molecule has 0 aliphatic rings. The molecule has 14 heteroatoms. The van der Waals surface area contributed by atoms with Crippen LogP contribution in [0, 0.1) is 0 Å². The molecule has 1 N–H and O–H groups in total. The molecule has 11 nitrogen and oxygen atoms in total. The summed E-state index contributed by atoms with van der Waals surface area (Å²) in [6, 6.07) is 2.49. The van der Waals surface area contributed by atoms with Gasteiger partial charge in [-0.3, -0.25) is 0 Å². The molecule has 0 spiro atoms. The second-order valence-electron chi connectivity index (χ2n) is 8.75. The number of tetrazole rings is 1. The molecule has 0 saturated heterocycles. The molecule has 0 bridgehead atoms. The number of nitrogens with one attached hydrogen (secondary N) is 1. The zero-order valence-corrected chi connectivity index (χ0v) is 21.2. The maximum absolute atomic E-state index is 12.7. The molecule has 168 valence electrons. The van der Waals surface area contributed by atoms with Gasteiger partial charge in [0.2, 0.25) is 5.82 Å². The maximum Gasteiger partial charge on any atom is 0.422 e. The van der Waals surface area contributed by atoms with Gasteiger partial charge in [0.05, 0.1) is 0 Å². The molecule has 0 aliphatic carbocycles. The summed E-state index contributed by atoms with van der Waals surface area (Å²) in [7, 11) is -5.51. The number of aromatic nitrogens is 5. The van der Waals surface area contributed by atoms with Crippen molar-refractivity contribution in [1.29, 1.82) is 0 Å².